The summed E-state index contributed by atoms with van der Waals surface area (Å²) in [6.45, 7) is 4.47. The fourth-order valence-electron chi connectivity index (χ4n) is 4.48. The average Bonchev–Trinajstić information content (AvgIpc) is 2.93. The van der Waals surface area contributed by atoms with Gasteiger partial charge in [-0.05, 0) is 12.1 Å². The van der Waals surface area contributed by atoms with E-state index in [0.29, 0.717) is 63.7 Å². The number of nitro benzene ring substituents is 1. The zero-order valence-corrected chi connectivity index (χ0v) is 19.2. The molecule has 5 rings (SSSR count). The second kappa shape index (κ2) is 10.1. The number of carbonyl (C=O) groups is 1. The summed E-state index contributed by atoms with van der Waals surface area (Å²) < 4.78 is 5.35. The molecule has 0 aliphatic carbocycles. The first-order valence-corrected chi connectivity index (χ1v) is 11.6. The largest absolute Gasteiger partial charge is 0.378 e. The van der Waals surface area contributed by atoms with Gasteiger partial charge in [0.15, 0.2) is 0 Å². The Morgan fingerprint density at radius 2 is 1.63 bits per heavy atom. The van der Waals surface area contributed by atoms with Gasteiger partial charge in [0.1, 0.15) is 17.8 Å². The van der Waals surface area contributed by atoms with Crippen molar-refractivity contribution in [2.45, 2.75) is 0 Å². The molecule has 0 radical (unpaired) electrons. The van der Waals surface area contributed by atoms with Gasteiger partial charge in [-0.1, -0.05) is 30.3 Å². The lowest BCUT2D eigenvalue weighted by molar-refractivity contribution is -0.384. The number of carbonyl (C=O) groups excluding carboxylic acids is 1. The number of nitro groups is 1. The summed E-state index contributed by atoms with van der Waals surface area (Å²) in [5.74, 6) is 0.616. The average molecular weight is 475 g/mol. The Bertz CT molecular complexity index is 1210. The van der Waals surface area contributed by atoms with Gasteiger partial charge < -0.3 is 19.4 Å². The predicted octanol–water partition coefficient (Wildman–Crippen LogP) is 2.85. The summed E-state index contributed by atoms with van der Waals surface area (Å²) in [6, 6.07) is 16.6. The zero-order chi connectivity index (χ0) is 24.2. The summed E-state index contributed by atoms with van der Waals surface area (Å²) in [5, 5.41) is 11.7. The Morgan fingerprint density at radius 1 is 0.886 bits per heavy atom. The minimum absolute atomic E-state index is 0.0502. The van der Waals surface area contributed by atoms with Crippen molar-refractivity contribution >= 4 is 23.1 Å². The van der Waals surface area contributed by atoms with E-state index in [1.165, 1.54) is 6.07 Å². The van der Waals surface area contributed by atoms with Crippen LogP contribution in [0.2, 0.25) is 0 Å². The molecule has 180 valence electrons. The number of rotatable bonds is 5. The molecular formula is C25H26N6O4. The molecule has 35 heavy (non-hydrogen) atoms. The van der Waals surface area contributed by atoms with Gasteiger partial charge in [0.25, 0.3) is 11.6 Å². The molecule has 0 unspecified atom stereocenters. The lowest BCUT2D eigenvalue weighted by Crippen LogP contribution is -2.49. The third kappa shape index (κ3) is 4.92. The zero-order valence-electron chi connectivity index (χ0n) is 19.2. The minimum atomic E-state index is -0.418. The standard InChI is InChI=1S/C25H26N6O4/c32-25(20-6-7-22(23(16-20)31(33)34)28-12-14-35-15-13-28)30-10-8-29(9-11-30)24-17-21(26-18-27-24)19-4-2-1-3-5-19/h1-7,16-18H,8-15H2. The van der Waals surface area contributed by atoms with Crippen molar-refractivity contribution in [1.29, 1.82) is 0 Å². The number of aromatic nitrogens is 2. The smallest absolute Gasteiger partial charge is 0.293 e. The third-order valence-electron chi connectivity index (χ3n) is 6.38. The first-order valence-electron chi connectivity index (χ1n) is 11.6. The van der Waals surface area contributed by atoms with Crippen molar-refractivity contribution in [3.8, 4) is 11.3 Å². The molecule has 3 heterocycles. The van der Waals surface area contributed by atoms with Crippen molar-refractivity contribution in [2.24, 2.45) is 0 Å². The highest BCUT2D eigenvalue weighted by atomic mass is 16.6. The van der Waals surface area contributed by atoms with Crippen molar-refractivity contribution in [3.05, 3.63) is 76.6 Å². The molecule has 10 nitrogen and oxygen atoms in total. The minimum Gasteiger partial charge on any atom is -0.378 e. The summed E-state index contributed by atoms with van der Waals surface area (Å²) in [5.41, 5.74) is 2.67. The predicted molar refractivity (Wildman–Crippen MR) is 132 cm³/mol. The van der Waals surface area contributed by atoms with E-state index in [2.05, 4.69) is 14.9 Å². The van der Waals surface area contributed by atoms with E-state index in [1.54, 1.807) is 23.4 Å². The topological polar surface area (TPSA) is 105 Å². The van der Waals surface area contributed by atoms with Crippen LogP contribution in [0.25, 0.3) is 11.3 Å². The molecule has 2 saturated heterocycles. The van der Waals surface area contributed by atoms with Crippen LogP contribution in [0.4, 0.5) is 17.2 Å². The quantitative estimate of drug-likeness (QED) is 0.411. The molecule has 0 bridgehead atoms. The first kappa shape index (κ1) is 22.7. The van der Waals surface area contributed by atoms with Crippen molar-refractivity contribution < 1.29 is 14.5 Å². The first-order chi connectivity index (χ1) is 17.1. The molecule has 0 N–H and O–H groups in total. The number of amides is 1. The van der Waals surface area contributed by atoms with Gasteiger partial charge in [0, 0.05) is 62.5 Å². The molecular weight excluding hydrogens is 448 g/mol. The maximum Gasteiger partial charge on any atom is 0.293 e. The Morgan fingerprint density at radius 3 is 2.34 bits per heavy atom. The van der Waals surface area contributed by atoms with E-state index in [-0.39, 0.29) is 11.6 Å². The van der Waals surface area contributed by atoms with Gasteiger partial charge in [-0.3, -0.25) is 14.9 Å². The van der Waals surface area contributed by atoms with Crippen molar-refractivity contribution in [1.82, 2.24) is 14.9 Å². The lowest BCUT2D eigenvalue weighted by atomic mass is 10.1. The van der Waals surface area contributed by atoms with Crippen LogP contribution in [-0.4, -0.2) is 78.2 Å². The van der Waals surface area contributed by atoms with Gasteiger partial charge in [0.2, 0.25) is 0 Å². The molecule has 2 aliphatic rings. The van der Waals surface area contributed by atoms with Crippen LogP contribution in [0, 0.1) is 10.1 Å². The molecule has 2 aromatic carbocycles. The van der Waals surface area contributed by atoms with Crippen molar-refractivity contribution in [2.75, 3.05) is 62.3 Å². The molecule has 1 amide bonds. The highest BCUT2D eigenvalue weighted by Crippen LogP contribution is 2.30. The summed E-state index contributed by atoms with van der Waals surface area (Å²) in [4.78, 5) is 39.1. The number of anilines is 2. The number of benzene rings is 2. The number of hydrogen-bond donors (Lipinski definition) is 0. The fraction of sp³-hybridized carbons (Fsp3) is 0.320. The van der Waals surface area contributed by atoms with Gasteiger partial charge in [-0.15, -0.1) is 0 Å². The maximum atomic E-state index is 13.2. The van der Waals surface area contributed by atoms with Crippen LogP contribution >= 0.6 is 0 Å². The summed E-state index contributed by atoms with van der Waals surface area (Å²) >= 11 is 0. The number of piperazine rings is 1. The van der Waals surface area contributed by atoms with Crippen LogP contribution in [0.15, 0.2) is 60.9 Å². The molecule has 0 spiro atoms. The number of ether oxygens (including phenoxy) is 1. The number of hydrogen-bond acceptors (Lipinski definition) is 8. The summed E-state index contributed by atoms with van der Waals surface area (Å²) in [6.07, 6.45) is 1.56. The molecule has 0 saturated carbocycles. The second-order valence-electron chi connectivity index (χ2n) is 8.47. The molecule has 1 aromatic heterocycles. The van der Waals surface area contributed by atoms with Crippen LogP contribution in [0.1, 0.15) is 10.4 Å². The number of nitrogens with zero attached hydrogens (tertiary/aromatic N) is 6. The van der Waals surface area contributed by atoms with Gasteiger partial charge >= 0.3 is 0 Å². The van der Waals surface area contributed by atoms with Crippen molar-refractivity contribution in [3.63, 3.8) is 0 Å². The van der Waals surface area contributed by atoms with Crippen LogP contribution in [0.5, 0.6) is 0 Å². The molecule has 10 heteroatoms. The second-order valence-corrected chi connectivity index (χ2v) is 8.47. The van der Waals surface area contributed by atoms with E-state index in [4.69, 9.17) is 4.74 Å². The lowest BCUT2D eigenvalue weighted by Gasteiger charge is -2.35. The molecule has 2 aliphatic heterocycles. The SMILES string of the molecule is O=C(c1ccc(N2CCOCC2)c([N+](=O)[O-])c1)N1CCN(c2cc(-c3ccccc3)ncn2)CC1. The van der Waals surface area contributed by atoms with Gasteiger partial charge in [-0.2, -0.15) is 0 Å². The van der Waals surface area contributed by atoms with Crippen LogP contribution in [-0.2, 0) is 4.74 Å². The van der Waals surface area contributed by atoms with E-state index in [9.17, 15) is 14.9 Å². The Hall–Kier alpha value is -4.05. The maximum absolute atomic E-state index is 13.2. The molecule has 0 atom stereocenters. The van der Waals surface area contributed by atoms with E-state index >= 15 is 0 Å². The van der Waals surface area contributed by atoms with E-state index < -0.39 is 4.92 Å². The molecule has 2 fully saturated rings. The highest BCUT2D eigenvalue weighted by Gasteiger charge is 2.27. The Kier molecular flexibility index (Phi) is 6.53. The van der Waals surface area contributed by atoms with Gasteiger partial charge in [-0.25, -0.2) is 9.97 Å². The van der Waals surface area contributed by atoms with Crippen LogP contribution < -0.4 is 9.80 Å². The van der Waals surface area contributed by atoms with E-state index in [1.807, 2.05) is 41.3 Å². The number of morpholine rings is 1. The van der Waals surface area contributed by atoms with Crippen LogP contribution in [0.3, 0.4) is 0 Å². The Balaban J connectivity index is 1.27. The normalized spacial score (nSPS) is 16.3. The van der Waals surface area contributed by atoms with Gasteiger partial charge in [0.05, 0.1) is 23.8 Å². The molecule has 3 aromatic rings. The third-order valence-corrected chi connectivity index (χ3v) is 6.38. The summed E-state index contributed by atoms with van der Waals surface area (Å²) in [7, 11) is 0. The monoisotopic (exact) mass is 474 g/mol. The van der Waals surface area contributed by atoms with E-state index in [0.717, 1.165) is 17.1 Å². The highest BCUT2D eigenvalue weighted by molar-refractivity contribution is 5.96. The Labute approximate surface area is 202 Å². The fourth-order valence-corrected chi connectivity index (χ4v) is 4.48.